The molecule has 4 rings (SSSR count). The van der Waals surface area contributed by atoms with Gasteiger partial charge in [-0.3, -0.25) is 9.69 Å². The van der Waals surface area contributed by atoms with Crippen LogP contribution in [0.5, 0.6) is 0 Å². The molecule has 0 spiro atoms. The monoisotopic (exact) mass is 548 g/mol. The van der Waals surface area contributed by atoms with Crippen molar-refractivity contribution in [2.75, 3.05) is 31.5 Å². The summed E-state index contributed by atoms with van der Waals surface area (Å²) >= 11 is 3.41. The van der Waals surface area contributed by atoms with Crippen molar-refractivity contribution in [3.8, 4) is 0 Å². The number of carbonyl (C=O) groups is 2. The van der Waals surface area contributed by atoms with Gasteiger partial charge in [0.15, 0.2) is 0 Å². The maximum Gasteiger partial charge on any atom is 0.319 e. The molecule has 1 aliphatic rings. The molecule has 1 atom stereocenters. The zero-order chi connectivity index (χ0) is 25.3. The first kappa shape index (κ1) is 25.9. The lowest BCUT2D eigenvalue weighted by Gasteiger charge is -2.40. The van der Waals surface area contributed by atoms with Crippen LogP contribution < -0.4 is 10.6 Å². The summed E-state index contributed by atoms with van der Waals surface area (Å²) in [5.41, 5.74) is 3.17. The van der Waals surface area contributed by atoms with E-state index in [2.05, 4.69) is 80.0 Å². The van der Waals surface area contributed by atoms with Crippen molar-refractivity contribution in [1.29, 1.82) is 0 Å². The average molecular weight is 550 g/mol. The third-order valence-corrected chi connectivity index (χ3v) is 6.98. The molecule has 1 heterocycles. The van der Waals surface area contributed by atoms with Crippen molar-refractivity contribution in [2.45, 2.75) is 31.8 Å². The lowest BCUT2D eigenvalue weighted by molar-refractivity contribution is -0.135. The van der Waals surface area contributed by atoms with Crippen LogP contribution in [0.3, 0.4) is 0 Å². The van der Waals surface area contributed by atoms with Crippen LogP contribution in [-0.4, -0.2) is 54.0 Å². The first-order chi connectivity index (χ1) is 17.5. The zero-order valence-electron chi connectivity index (χ0n) is 20.6. The molecule has 6 nitrogen and oxygen atoms in total. The molecule has 1 saturated heterocycles. The van der Waals surface area contributed by atoms with E-state index in [-0.39, 0.29) is 18.0 Å². The number of halogens is 1. The van der Waals surface area contributed by atoms with Gasteiger partial charge in [-0.05, 0) is 35.7 Å². The van der Waals surface area contributed by atoms with Crippen molar-refractivity contribution in [1.82, 2.24) is 15.1 Å². The van der Waals surface area contributed by atoms with Gasteiger partial charge in [0.25, 0.3) is 0 Å². The largest absolute Gasteiger partial charge is 0.338 e. The Morgan fingerprint density at radius 1 is 0.861 bits per heavy atom. The summed E-state index contributed by atoms with van der Waals surface area (Å²) in [5, 5.41) is 5.73. The average Bonchev–Trinajstić information content (AvgIpc) is 2.90. The summed E-state index contributed by atoms with van der Waals surface area (Å²) in [5.74, 6) is -0.0168. The number of urea groups is 1. The van der Waals surface area contributed by atoms with Gasteiger partial charge in [-0.1, -0.05) is 96.0 Å². The van der Waals surface area contributed by atoms with Gasteiger partial charge in [-0.15, -0.1) is 0 Å². The van der Waals surface area contributed by atoms with Crippen molar-refractivity contribution in [3.63, 3.8) is 0 Å². The lowest BCUT2D eigenvalue weighted by Crippen LogP contribution is -2.55. The number of carbonyl (C=O) groups excluding carboxylic acids is 2. The van der Waals surface area contributed by atoms with E-state index in [0.717, 1.165) is 24.0 Å². The third-order valence-electron chi connectivity index (χ3n) is 6.48. The van der Waals surface area contributed by atoms with Gasteiger partial charge in [0.2, 0.25) is 5.91 Å². The predicted molar refractivity (Wildman–Crippen MR) is 148 cm³/mol. The van der Waals surface area contributed by atoms with Crippen LogP contribution in [0.2, 0.25) is 0 Å². The van der Waals surface area contributed by atoms with Crippen molar-refractivity contribution < 1.29 is 9.59 Å². The zero-order valence-corrected chi connectivity index (χ0v) is 22.2. The second-order valence-corrected chi connectivity index (χ2v) is 9.95. The number of benzene rings is 3. The number of rotatable bonds is 8. The Kier molecular flexibility index (Phi) is 9.14. The Hall–Kier alpha value is -3.16. The van der Waals surface area contributed by atoms with Crippen molar-refractivity contribution >= 4 is 33.6 Å². The van der Waals surface area contributed by atoms with E-state index < -0.39 is 6.04 Å². The van der Waals surface area contributed by atoms with Crippen LogP contribution in [0.15, 0.2) is 89.4 Å². The SMILES string of the molecule is CCCC(NC(=O)Nc1cccc(Br)c1)C(=O)N1CCN(C(c2ccccc2)c2ccccc2)CC1. The quantitative estimate of drug-likeness (QED) is 0.381. The fourth-order valence-electron chi connectivity index (χ4n) is 4.74. The number of hydrogen-bond donors (Lipinski definition) is 2. The molecule has 3 aromatic rings. The Morgan fingerprint density at radius 2 is 1.47 bits per heavy atom. The number of amides is 3. The fourth-order valence-corrected chi connectivity index (χ4v) is 5.14. The molecular formula is C29H33BrN4O2. The topological polar surface area (TPSA) is 64.7 Å². The number of piperazine rings is 1. The Bertz CT molecular complexity index is 1090. The Balaban J connectivity index is 1.40. The van der Waals surface area contributed by atoms with E-state index in [4.69, 9.17) is 0 Å². The summed E-state index contributed by atoms with van der Waals surface area (Å²) in [4.78, 5) is 30.4. The van der Waals surface area contributed by atoms with Gasteiger partial charge in [0.1, 0.15) is 6.04 Å². The van der Waals surface area contributed by atoms with E-state index in [0.29, 0.717) is 25.2 Å². The summed E-state index contributed by atoms with van der Waals surface area (Å²) in [6.45, 7) is 4.82. The van der Waals surface area contributed by atoms with Crippen molar-refractivity contribution in [2.24, 2.45) is 0 Å². The normalized spacial score (nSPS) is 14.9. The van der Waals surface area contributed by atoms with Gasteiger partial charge in [0.05, 0.1) is 6.04 Å². The molecule has 0 saturated carbocycles. The van der Waals surface area contributed by atoms with Crippen molar-refractivity contribution in [3.05, 3.63) is 101 Å². The maximum absolute atomic E-state index is 13.4. The Labute approximate surface area is 221 Å². The van der Waals surface area contributed by atoms with Crippen LogP contribution >= 0.6 is 15.9 Å². The molecule has 3 aromatic carbocycles. The van der Waals surface area contributed by atoms with Crippen LogP contribution in [0.1, 0.15) is 36.9 Å². The molecular weight excluding hydrogens is 516 g/mol. The molecule has 7 heteroatoms. The molecule has 188 valence electrons. The molecule has 0 aromatic heterocycles. The van der Waals surface area contributed by atoms with E-state index in [1.165, 1.54) is 11.1 Å². The van der Waals surface area contributed by atoms with E-state index in [1.54, 1.807) is 0 Å². The third kappa shape index (κ3) is 6.74. The number of hydrogen-bond acceptors (Lipinski definition) is 3. The van der Waals surface area contributed by atoms with E-state index >= 15 is 0 Å². The fraction of sp³-hybridized carbons (Fsp3) is 0.310. The minimum Gasteiger partial charge on any atom is -0.338 e. The van der Waals surface area contributed by atoms with Gasteiger partial charge in [-0.2, -0.15) is 0 Å². The first-order valence-electron chi connectivity index (χ1n) is 12.5. The smallest absolute Gasteiger partial charge is 0.319 e. The van der Waals surface area contributed by atoms with Gasteiger partial charge in [0, 0.05) is 36.3 Å². The second kappa shape index (κ2) is 12.7. The molecule has 0 bridgehead atoms. The highest BCUT2D eigenvalue weighted by molar-refractivity contribution is 9.10. The van der Waals surface area contributed by atoms with Crippen LogP contribution in [0.25, 0.3) is 0 Å². The summed E-state index contributed by atoms with van der Waals surface area (Å²) in [7, 11) is 0. The number of nitrogens with zero attached hydrogens (tertiary/aromatic N) is 2. The molecule has 2 N–H and O–H groups in total. The van der Waals surface area contributed by atoms with Crippen LogP contribution in [0.4, 0.5) is 10.5 Å². The maximum atomic E-state index is 13.4. The minimum atomic E-state index is -0.548. The number of anilines is 1. The summed E-state index contributed by atoms with van der Waals surface area (Å²) < 4.78 is 0.878. The lowest BCUT2D eigenvalue weighted by atomic mass is 9.96. The van der Waals surface area contributed by atoms with E-state index in [9.17, 15) is 9.59 Å². The predicted octanol–water partition coefficient (Wildman–Crippen LogP) is 5.67. The molecule has 1 aliphatic heterocycles. The molecule has 0 radical (unpaired) electrons. The highest BCUT2D eigenvalue weighted by atomic mass is 79.9. The summed E-state index contributed by atoms with van der Waals surface area (Å²) in [6, 6.07) is 27.7. The summed E-state index contributed by atoms with van der Waals surface area (Å²) in [6.07, 6.45) is 1.40. The Morgan fingerprint density at radius 3 is 2.03 bits per heavy atom. The second-order valence-electron chi connectivity index (χ2n) is 9.04. The molecule has 1 fully saturated rings. The molecule has 0 aliphatic carbocycles. The standard InChI is InChI=1S/C29H33BrN4O2/c1-2-10-26(32-29(36)31-25-16-9-15-24(30)21-25)28(35)34-19-17-33(18-20-34)27(22-11-5-3-6-12-22)23-13-7-4-8-14-23/h3-9,11-16,21,26-27H,2,10,17-20H2,1H3,(H2,31,32,36). The highest BCUT2D eigenvalue weighted by Gasteiger charge is 2.31. The highest BCUT2D eigenvalue weighted by Crippen LogP contribution is 2.29. The van der Waals surface area contributed by atoms with E-state index in [1.807, 2.05) is 48.2 Å². The molecule has 3 amide bonds. The molecule has 1 unspecified atom stereocenters. The van der Waals surface area contributed by atoms with Gasteiger partial charge in [-0.25, -0.2) is 4.79 Å². The van der Waals surface area contributed by atoms with Crippen LogP contribution in [-0.2, 0) is 4.79 Å². The van der Waals surface area contributed by atoms with Crippen LogP contribution in [0, 0.1) is 0 Å². The minimum absolute atomic E-state index is 0.0168. The number of nitrogens with one attached hydrogen (secondary N) is 2. The van der Waals surface area contributed by atoms with Gasteiger partial charge < -0.3 is 15.5 Å². The first-order valence-corrected chi connectivity index (χ1v) is 13.3. The molecule has 36 heavy (non-hydrogen) atoms. The van der Waals surface area contributed by atoms with Gasteiger partial charge >= 0.3 is 6.03 Å².